The Labute approximate surface area is 92.6 Å². The lowest BCUT2D eigenvalue weighted by Gasteiger charge is -2.05. The second kappa shape index (κ2) is 6.79. The molecule has 0 N–H and O–H groups in total. The number of nitrogens with zero attached hydrogens (tertiary/aromatic N) is 1. The monoisotopic (exact) mass is 259 g/mol. The summed E-state index contributed by atoms with van der Waals surface area (Å²) in [5, 5.41) is 0. The van der Waals surface area contributed by atoms with Crippen LogP contribution in [0.25, 0.3) is 0 Å². The van der Waals surface area contributed by atoms with Crippen molar-refractivity contribution in [3.63, 3.8) is 0 Å². The summed E-state index contributed by atoms with van der Waals surface area (Å²) in [5.41, 5.74) is 0. The highest BCUT2D eigenvalue weighted by atomic mass is 79.9. The molecule has 0 amide bonds. The molecule has 0 atom stereocenters. The van der Waals surface area contributed by atoms with Crippen molar-refractivity contribution < 1.29 is 9.47 Å². The Balaban J connectivity index is 2.18. The van der Waals surface area contributed by atoms with Gasteiger partial charge in [0.25, 0.3) is 0 Å². The summed E-state index contributed by atoms with van der Waals surface area (Å²) in [6, 6.07) is 1.91. The minimum atomic E-state index is 0.710. The van der Waals surface area contributed by atoms with Crippen molar-refractivity contribution in [3.8, 4) is 5.75 Å². The third-order valence-electron chi connectivity index (χ3n) is 1.69. The molecule has 0 radical (unpaired) electrons. The quantitative estimate of drug-likeness (QED) is 0.737. The second-order valence-corrected chi connectivity index (χ2v) is 3.80. The topological polar surface area (TPSA) is 31.4 Å². The highest BCUT2D eigenvalue weighted by molar-refractivity contribution is 9.10. The van der Waals surface area contributed by atoms with Crippen LogP contribution < -0.4 is 4.74 Å². The van der Waals surface area contributed by atoms with Gasteiger partial charge in [0.05, 0.1) is 12.8 Å². The van der Waals surface area contributed by atoms with E-state index in [-0.39, 0.29) is 0 Å². The van der Waals surface area contributed by atoms with Gasteiger partial charge in [0, 0.05) is 24.4 Å². The first-order valence-corrected chi connectivity index (χ1v) is 5.34. The fourth-order valence-corrected chi connectivity index (χ4v) is 1.35. The van der Waals surface area contributed by atoms with Crippen molar-refractivity contribution in [3.05, 3.63) is 22.9 Å². The predicted molar refractivity (Wildman–Crippen MR) is 58.5 cm³/mol. The van der Waals surface area contributed by atoms with Crippen molar-refractivity contribution in [2.45, 2.75) is 12.8 Å². The summed E-state index contributed by atoms with van der Waals surface area (Å²) in [6.07, 6.45) is 5.47. The first-order chi connectivity index (χ1) is 6.83. The summed E-state index contributed by atoms with van der Waals surface area (Å²) in [6.45, 7) is 1.50. The molecule has 1 heterocycles. The number of methoxy groups -OCH3 is 1. The van der Waals surface area contributed by atoms with Crippen molar-refractivity contribution in [1.82, 2.24) is 4.98 Å². The average Bonchev–Trinajstić information content (AvgIpc) is 2.18. The average molecular weight is 260 g/mol. The van der Waals surface area contributed by atoms with E-state index in [4.69, 9.17) is 9.47 Å². The summed E-state index contributed by atoms with van der Waals surface area (Å²) < 4.78 is 11.4. The van der Waals surface area contributed by atoms with Crippen LogP contribution in [0.2, 0.25) is 0 Å². The molecule has 0 aliphatic carbocycles. The Kier molecular flexibility index (Phi) is 5.56. The molecule has 0 spiro atoms. The molecular formula is C10H14BrNO2. The van der Waals surface area contributed by atoms with Gasteiger partial charge in [0.15, 0.2) is 0 Å². The number of halogens is 1. The summed E-state index contributed by atoms with van der Waals surface area (Å²) in [5.74, 6) is 0.803. The number of pyridine rings is 1. The van der Waals surface area contributed by atoms with Gasteiger partial charge < -0.3 is 9.47 Å². The molecule has 0 unspecified atom stereocenters. The summed E-state index contributed by atoms with van der Waals surface area (Å²) in [4.78, 5) is 4.00. The van der Waals surface area contributed by atoms with Crippen LogP contribution in [0.3, 0.4) is 0 Å². The van der Waals surface area contributed by atoms with Gasteiger partial charge in [-0.1, -0.05) is 0 Å². The van der Waals surface area contributed by atoms with Gasteiger partial charge in [0.1, 0.15) is 5.75 Å². The SMILES string of the molecule is COCCCCOc1cncc(Br)c1. The maximum Gasteiger partial charge on any atom is 0.138 e. The molecule has 78 valence electrons. The van der Waals surface area contributed by atoms with Gasteiger partial charge in [-0.05, 0) is 34.8 Å². The number of rotatable bonds is 6. The first-order valence-electron chi connectivity index (χ1n) is 4.55. The number of ether oxygens (including phenoxy) is 2. The van der Waals surface area contributed by atoms with Crippen LogP contribution in [0.4, 0.5) is 0 Å². The molecule has 4 heteroatoms. The van der Waals surface area contributed by atoms with Crippen molar-refractivity contribution in [1.29, 1.82) is 0 Å². The zero-order valence-electron chi connectivity index (χ0n) is 8.20. The number of aromatic nitrogens is 1. The smallest absolute Gasteiger partial charge is 0.138 e. The fourth-order valence-electron chi connectivity index (χ4n) is 1.01. The zero-order chi connectivity index (χ0) is 10.2. The predicted octanol–water partition coefficient (Wildman–Crippen LogP) is 2.65. The van der Waals surface area contributed by atoms with Gasteiger partial charge in [0.2, 0.25) is 0 Å². The lowest BCUT2D eigenvalue weighted by atomic mass is 10.3. The van der Waals surface area contributed by atoms with Crippen LogP contribution in [0, 0.1) is 0 Å². The molecule has 1 rings (SSSR count). The molecule has 3 nitrogen and oxygen atoms in total. The molecule has 0 saturated heterocycles. The van der Waals surface area contributed by atoms with Gasteiger partial charge >= 0.3 is 0 Å². The Morgan fingerprint density at radius 3 is 2.79 bits per heavy atom. The maximum atomic E-state index is 5.49. The van der Waals surface area contributed by atoms with E-state index in [1.54, 1.807) is 19.5 Å². The van der Waals surface area contributed by atoms with Crippen LogP contribution in [0.15, 0.2) is 22.9 Å². The summed E-state index contributed by atoms with van der Waals surface area (Å²) >= 11 is 3.33. The van der Waals surface area contributed by atoms with Crippen LogP contribution in [-0.2, 0) is 4.74 Å². The van der Waals surface area contributed by atoms with E-state index in [0.29, 0.717) is 6.61 Å². The van der Waals surface area contributed by atoms with Crippen molar-refractivity contribution in [2.24, 2.45) is 0 Å². The number of hydrogen-bond acceptors (Lipinski definition) is 3. The van der Waals surface area contributed by atoms with E-state index in [0.717, 1.165) is 29.7 Å². The van der Waals surface area contributed by atoms with Gasteiger partial charge in [-0.2, -0.15) is 0 Å². The van der Waals surface area contributed by atoms with E-state index < -0.39 is 0 Å². The molecule has 1 aromatic rings. The lowest BCUT2D eigenvalue weighted by Crippen LogP contribution is -1.99. The normalized spacial score (nSPS) is 10.1. The third-order valence-corrected chi connectivity index (χ3v) is 2.12. The molecule has 0 fully saturated rings. The van der Waals surface area contributed by atoms with Gasteiger partial charge in [-0.15, -0.1) is 0 Å². The fraction of sp³-hybridized carbons (Fsp3) is 0.500. The summed E-state index contributed by atoms with van der Waals surface area (Å²) in [7, 11) is 1.71. The Bertz CT molecular complexity index is 268. The first kappa shape index (κ1) is 11.5. The van der Waals surface area contributed by atoms with E-state index in [1.165, 1.54) is 0 Å². The standard InChI is InChI=1S/C10H14BrNO2/c1-13-4-2-3-5-14-10-6-9(11)7-12-8-10/h6-8H,2-5H2,1H3. The number of hydrogen-bond donors (Lipinski definition) is 0. The van der Waals surface area contributed by atoms with Crippen molar-refractivity contribution >= 4 is 15.9 Å². The van der Waals surface area contributed by atoms with Gasteiger partial charge in [-0.3, -0.25) is 4.98 Å². The highest BCUT2D eigenvalue weighted by Gasteiger charge is 1.95. The Hall–Kier alpha value is -0.610. The lowest BCUT2D eigenvalue weighted by molar-refractivity contribution is 0.184. The molecule has 1 aromatic heterocycles. The largest absolute Gasteiger partial charge is 0.492 e. The Morgan fingerprint density at radius 2 is 2.07 bits per heavy atom. The molecule has 14 heavy (non-hydrogen) atoms. The van der Waals surface area contributed by atoms with E-state index >= 15 is 0 Å². The van der Waals surface area contributed by atoms with E-state index in [1.807, 2.05) is 6.07 Å². The highest BCUT2D eigenvalue weighted by Crippen LogP contribution is 2.15. The van der Waals surface area contributed by atoms with E-state index in [2.05, 4.69) is 20.9 Å². The van der Waals surface area contributed by atoms with Crippen LogP contribution in [0.1, 0.15) is 12.8 Å². The molecule has 0 aromatic carbocycles. The molecular weight excluding hydrogens is 246 g/mol. The second-order valence-electron chi connectivity index (χ2n) is 2.89. The van der Waals surface area contributed by atoms with E-state index in [9.17, 15) is 0 Å². The minimum absolute atomic E-state index is 0.710. The van der Waals surface area contributed by atoms with Crippen LogP contribution >= 0.6 is 15.9 Å². The van der Waals surface area contributed by atoms with Crippen LogP contribution in [0.5, 0.6) is 5.75 Å². The molecule has 0 saturated carbocycles. The third kappa shape index (κ3) is 4.58. The maximum absolute atomic E-state index is 5.49. The van der Waals surface area contributed by atoms with Gasteiger partial charge in [-0.25, -0.2) is 0 Å². The number of unbranched alkanes of at least 4 members (excludes halogenated alkanes) is 1. The Morgan fingerprint density at radius 1 is 1.29 bits per heavy atom. The zero-order valence-corrected chi connectivity index (χ0v) is 9.79. The molecule has 0 bridgehead atoms. The molecule has 0 aliphatic rings. The molecule has 0 aliphatic heterocycles. The minimum Gasteiger partial charge on any atom is -0.492 e. The van der Waals surface area contributed by atoms with Crippen LogP contribution in [-0.4, -0.2) is 25.3 Å². The van der Waals surface area contributed by atoms with Crippen molar-refractivity contribution in [2.75, 3.05) is 20.3 Å².